The Morgan fingerprint density at radius 1 is 1.18 bits per heavy atom. The lowest BCUT2D eigenvalue weighted by atomic mass is 9.87. The molecule has 1 N–H and O–H groups in total. The molecule has 0 spiro atoms. The summed E-state index contributed by atoms with van der Waals surface area (Å²) in [6, 6.07) is 5.59. The highest BCUT2D eigenvalue weighted by Gasteiger charge is 2.32. The molecular formula is C26H28N2O5. The van der Waals surface area contributed by atoms with Crippen LogP contribution >= 0.6 is 0 Å². The summed E-state index contributed by atoms with van der Waals surface area (Å²) in [5, 5.41) is 3.67. The summed E-state index contributed by atoms with van der Waals surface area (Å²) < 4.78 is 18.1. The maximum Gasteiger partial charge on any atom is 0.339 e. The Labute approximate surface area is 192 Å². The lowest BCUT2D eigenvalue weighted by Gasteiger charge is -2.33. The summed E-state index contributed by atoms with van der Waals surface area (Å²) in [7, 11) is 0. The number of aromatic nitrogens is 1. The number of carbonyl (C=O) groups excluding carboxylic acids is 1. The minimum Gasteiger partial charge on any atom is -0.487 e. The average molecular weight is 449 g/mol. The van der Waals surface area contributed by atoms with E-state index < -0.39 is 0 Å². The molecule has 0 radical (unpaired) electrons. The van der Waals surface area contributed by atoms with E-state index in [1.54, 1.807) is 12.4 Å². The van der Waals surface area contributed by atoms with Crippen LogP contribution in [0.2, 0.25) is 0 Å². The molecule has 172 valence electrons. The number of aryl methyl sites for hydroxylation is 2. The fraction of sp³-hybridized carbons (Fsp3) is 0.423. The SMILES string of the molecule is CC1(C)CCc2c(cc(OCC(=O)NCc3cccnc3)c3c4c(c(=O)oc23)CCCC4)O1. The molecule has 0 unspecified atom stereocenters. The molecule has 0 saturated carbocycles. The van der Waals surface area contributed by atoms with E-state index in [2.05, 4.69) is 10.3 Å². The van der Waals surface area contributed by atoms with Gasteiger partial charge in [0.2, 0.25) is 0 Å². The van der Waals surface area contributed by atoms with Crippen molar-refractivity contribution in [2.45, 2.75) is 64.5 Å². The van der Waals surface area contributed by atoms with Crippen LogP contribution in [0.1, 0.15) is 55.4 Å². The second kappa shape index (κ2) is 8.54. The zero-order valence-electron chi connectivity index (χ0n) is 19.0. The molecule has 3 heterocycles. The molecule has 0 saturated heterocycles. The molecule has 2 aliphatic rings. The van der Waals surface area contributed by atoms with Crippen LogP contribution in [0.5, 0.6) is 11.5 Å². The smallest absolute Gasteiger partial charge is 0.339 e. The summed E-state index contributed by atoms with van der Waals surface area (Å²) in [5.74, 6) is 0.945. The number of benzene rings is 1. The monoisotopic (exact) mass is 448 g/mol. The summed E-state index contributed by atoms with van der Waals surface area (Å²) in [4.78, 5) is 29.3. The van der Waals surface area contributed by atoms with Crippen molar-refractivity contribution >= 4 is 16.9 Å². The van der Waals surface area contributed by atoms with Crippen molar-refractivity contribution in [2.24, 2.45) is 0 Å². The van der Waals surface area contributed by atoms with Crippen LogP contribution in [0, 0.1) is 0 Å². The molecular weight excluding hydrogens is 420 g/mol. The number of fused-ring (bicyclic) bond motifs is 5. The molecule has 0 atom stereocenters. The minimum absolute atomic E-state index is 0.147. The van der Waals surface area contributed by atoms with Gasteiger partial charge in [-0.1, -0.05) is 6.07 Å². The van der Waals surface area contributed by atoms with Crippen molar-refractivity contribution in [3.8, 4) is 11.5 Å². The predicted octanol–water partition coefficient (Wildman–Crippen LogP) is 3.87. The molecule has 1 aliphatic heterocycles. The van der Waals surface area contributed by atoms with E-state index in [1.807, 2.05) is 32.0 Å². The van der Waals surface area contributed by atoms with E-state index in [0.717, 1.165) is 59.7 Å². The normalized spacial score (nSPS) is 16.4. The number of pyridine rings is 1. The van der Waals surface area contributed by atoms with Gasteiger partial charge in [0, 0.05) is 36.1 Å². The highest BCUT2D eigenvalue weighted by atomic mass is 16.5. The zero-order chi connectivity index (χ0) is 23.0. The van der Waals surface area contributed by atoms with Gasteiger partial charge in [-0.15, -0.1) is 0 Å². The van der Waals surface area contributed by atoms with Crippen LogP contribution in [0.3, 0.4) is 0 Å². The summed E-state index contributed by atoms with van der Waals surface area (Å²) in [5.41, 5.74) is 3.49. The van der Waals surface area contributed by atoms with Gasteiger partial charge in [-0.05, 0) is 69.6 Å². The first-order valence-electron chi connectivity index (χ1n) is 11.5. The van der Waals surface area contributed by atoms with Gasteiger partial charge in [0.15, 0.2) is 6.61 Å². The Bertz CT molecular complexity index is 1260. The van der Waals surface area contributed by atoms with Gasteiger partial charge in [0.25, 0.3) is 5.91 Å². The first kappa shape index (κ1) is 21.5. The first-order valence-corrected chi connectivity index (χ1v) is 11.5. The molecule has 3 aromatic rings. The molecule has 7 heteroatoms. The molecule has 33 heavy (non-hydrogen) atoms. The van der Waals surface area contributed by atoms with Crippen molar-refractivity contribution in [1.82, 2.24) is 10.3 Å². The molecule has 1 aromatic carbocycles. The predicted molar refractivity (Wildman–Crippen MR) is 124 cm³/mol. The van der Waals surface area contributed by atoms with Crippen LogP contribution in [0.15, 0.2) is 39.8 Å². The van der Waals surface area contributed by atoms with Crippen LogP contribution < -0.4 is 20.4 Å². The van der Waals surface area contributed by atoms with Crippen molar-refractivity contribution in [3.63, 3.8) is 0 Å². The number of amides is 1. The standard InChI is InChI=1S/C26H28N2O5/c1-26(2)10-9-19-20(33-26)12-21(31-15-22(29)28-14-16-6-5-11-27-13-16)23-17-7-3-4-8-18(17)25(30)32-24(19)23/h5-6,11-13H,3-4,7-10,14-15H2,1-2H3,(H,28,29). The largest absolute Gasteiger partial charge is 0.487 e. The van der Waals surface area contributed by atoms with Crippen molar-refractivity contribution in [3.05, 3.63) is 63.3 Å². The molecule has 7 nitrogen and oxygen atoms in total. The molecule has 5 rings (SSSR count). The Kier molecular flexibility index (Phi) is 5.56. The summed E-state index contributed by atoms with van der Waals surface area (Å²) in [6.45, 7) is 4.30. The molecule has 1 aliphatic carbocycles. The Balaban J connectivity index is 1.49. The van der Waals surface area contributed by atoms with Crippen LogP contribution in [-0.4, -0.2) is 23.1 Å². The first-order chi connectivity index (χ1) is 15.9. The number of ether oxygens (including phenoxy) is 2. The highest BCUT2D eigenvalue weighted by Crippen LogP contribution is 2.44. The maximum atomic E-state index is 12.8. The number of rotatable bonds is 5. The quantitative estimate of drug-likeness (QED) is 0.596. The van der Waals surface area contributed by atoms with E-state index in [0.29, 0.717) is 30.0 Å². The second-order valence-corrected chi connectivity index (χ2v) is 9.40. The number of hydrogen-bond donors (Lipinski definition) is 1. The van der Waals surface area contributed by atoms with E-state index >= 15 is 0 Å². The van der Waals surface area contributed by atoms with E-state index in [1.165, 1.54) is 0 Å². The van der Waals surface area contributed by atoms with Gasteiger partial charge in [-0.2, -0.15) is 0 Å². The Morgan fingerprint density at radius 2 is 2.00 bits per heavy atom. The van der Waals surface area contributed by atoms with Crippen molar-refractivity contribution in [2.75, 3.05) is 6.61 Å². The van der Waals surface area contributed by atoms with Gasteiger partial charge in [0.1, 0.15) is 22.7 Å². The lowest BCUT2D eigenvalue weighted by Crippen LogP contribution is -2.33. The molecule has 1 amide bonds. The van der Waals surface area contributed by atoms with Crippen LogP contribution in [0.25, 0.3) is 11.0 Å². The third-order valence-electron chi connectivity index (χ3n) is 6.45. The minimum atomic E-state index is -0.326. The summed E-state index contributed by atoms with van der Waals surface area (Å²) in [6.07, 6.45) is 8.48. The third-order valence-corrected chi connectivity index (χ3v) is 6.45. The van der Waals surface area contributed by atoms with Crippen molar-refractivity contribution < 1.29 is 18.7 Å². The maximum absolute atomic E-state index is 12.8. The number of nitrogens with zero attached hydrogens (tertiary/aromatic N) is 1. The number of hydrogen-bond acceptors (Lipinski definition) is 6. The average Bonchev–Trinajstić information content (AvgIpc) is 2.81. The van der Waals surface area contributed by atoms with Gasteiger partial charge < -0.3 is 19.2 Å². The molecule has 2 aromatic heterocycles. The zero-order valence-corrected chi connectivity index (χ0v) is 19.0. The van der Waals surface area contributed by atoms with E-state index in [9.17, 15) is 9.59 Å². The molecule has 0 bridgehead atoms. The van der Waals surface area contributed by atoms with E-state index in [4.69, 9.17) is 13.9 Å². The fourth-order valence-corrected chi connectivity index (χ4v) is 4.73. The van der Waals surface area contributed by atoms with E-state index in [-0.39, 0.29) is 23.7 Å². The third kappa shape index (κ3) is 4.32. The second-order valence-electron chi connectivity index (χ2n) is 9.40. The Hall–Kier alpha value is -3.35. The number of nitrogens with one attached hydrogen (secondary N) is 1. The fourth-order valence-electron chi connectivity index (χ4n) is 4.73. The van der Waals surface area contributed by atoms with Gasteiger partial charge in [-0.25, -0.2) is 4.79 Å². The summed E-state index contributed by atoms with van der Waals surface area (Å²) >= 11 is 0. The highest BCUT2D eigenvalue weighted by molar-refractivity contribution is 5.92. The van der Waals surface area contributed by atoms with Crippen LogP contribution in [-0.2, 0) is 30.6 Å². The van der Waals surface area contributed by atoms with Gasteiger partial charge >= 0.3 is 5.63 Å². The topological polar surface area (TPSA) is 90.7 Å². The Morgan fingerprint density at radius 3 is 2.79 bits per heavy atom. The lowest BCUT2D eigenvalue weighted by molar-refractivity contribution is -0.123. The van der Waals surface area contributed by atoms with Crippen molar-refractivity contribution in [1.29, 1.82) is 0 Å². The van der Waals surface area contributed by atoms with Gasteiger partial charge in [-0.3, -0.25) is 9.78 Å². The molecule has 0 fully saturated rings. The van der Waals surface area contributed by atoms with Gasteiger partial charge in [0.05, 0.1) is 5.39 Å². The van der Waals surface area contributed by atoms with Crippen LogP contribution in [0.4, 0.5) is 0 Å². The number of carbonyl (C=O) groups is 1.